The van der Waals surface area contributed by atoms with E-state index in [1.54, 1.807) is 48.5 Å². The Labute approximate surface area is 191 Å². The van der Waals surface area contributed by atoms with Crippen molar-refractivity contribution in [3.8, 4) is 16.9 Å². The predicted octanol–water partition coefficient (Wildman–Crippen LogP) is 3.60. The van der Waals surface area contributed by atoms with Gasteiger partial charge in [-0.1, -0.05) is 48.0 Å². The van der Waals surface area contributed by atoms with Gasteiger partial charge in [-0.3, -0.25) is 9.59 Å². The topological polar surface area (TPSA) is 89.9 Å². The minimum absolute atomic E-state index is 0.0915. The van der Waals surface area contributed by atoms with Crippen LogP contribution in [-0.4, -0.2) is 45.6 Å². The van der Waals surface area contributed by atoms with Crippen molar-refractivity contribution < 1.29 is 19.8 Å². The van der Waals surface area contributed by atoms with Crippen LogP contribution in [0.25, 0.3) is 11.1 Å². The largest absolute Gasteiger partial charge is 0.508 e. The zero-order valence-corrected chi connectivity index (χ0v) is 18.0. The van der Waals surface area contributed by atoms with Gasteiger partial charge < -0.3 is 20.4 Å². The minimum Gasteiger partial charge on any atom is -0.508 e. The third kappa shape index (κ3) is 4.93. The van der Waals surface area contributed by atoms with E-state index in [-0.39, 0.29) is 30.5 Å². The summed E-state index contributed by atoms with van der Waals surface area (Å²) in [6.07, 6.45) is -0.579. The number of carbonyl (C=O) groups is 2. The summed E-state index contributed by atoms with van der Waals surface area (Å²) in [6.45, 7) is 0.395. The highest BCUT2D eigenvalue weighted by Crippen LogP contribution is 2.26. The normalized spacial score (nSPS) is 17.9. The first-order valence-electron chi connectivity index (χ1n) is 10.3. The summed E-state index contributed by atoms with van der Waals surface area (Å²) < 4.78 is 0. The van der Waals surface area contributed by atoms with E-state index in [0.717, 1.165) is 16.7 Å². The van der Waals surface area contributed by atoms with Crippen LogP contribution < -0.4 is 5.32 Å². The molecule has 1 unspecified atom stereocenters. The van der Waals surface area contributed by atoms with Gasteiger partial charge in [-0.05, 0) is 53.1 Å². The van der Waals surface area contributed by atoms with Crippen molar-refractivity contribution in [2.45, 2.75) is 25.1 Å². The number of β-amino-alcohol motifs (C(OH)–C–C–N with tert-alkyl or cyclic N) is 1. The molecule has 1 aliphatic heterocycles. The molecule has 0 aliphatic carbocycles. The Bertz CT molecular complexity index is 1130. The Hall–Kier alpha value is -3.35. The molecule has 0 radical (unpaired) electrons. The second kappa shape index (κ2) is 9.42. The van der Waals surface area contributed by atoms with Crippen LogP contribution in [0.4, 0.5) is 0 Å². The maximum absolute atomic E-state index is 13.2. The summed E-state index contributed by atoms with van der Waals surface area (Å²) in [5.41, 5.74) is 2.85. The molecule has 2 amide bonds. The van der Waals surface area contributed by atoms with Gasteiger partial charge >= 0.3 is 0 Å². The predicted molar refractivity (Wildman–Crippen MR) is 122 cm³/mol. The summed E-state index contributed by atoms with van der Waals surface area (Å²) in [5, 5.41) is 23.4. The number of hydrogen-bond donors (Lipinski definition) is 3. The SMILES string of the molecule is O=C(NCc1ccc(Cl)cc1)[C@@H]1CC(O)CN1C(=O)c1cccc(-c2cccc(O)c2)c1. The number of rotatable bonds is 5. The molecule has 1 aliphatic rings. The second-order valence-electron chi connectivity index (χ2n) is 7.84. The highest BCUT2D eigenvalue weighted by Gasteiger charge is 2.39. The van der Waals surface area contributed by atoms with Crippen LogP contribution in [0.2, 0.25) is 5.02 Å². The number of halogens is 1. The highest BCUT2D eigenvalue weighted by molar-refractivity contribution is 6.30. The van der Waals surface area contributed by atoms with E-state index in [1.807, 2.05) is 24.3 Å². The molecule has 0 bridgehead atoms. The van der Waals surface area contributed by atoms with Gasteiger partial charge in [0.25, 0.3) is 5.91 Å². The van der Waals surface area contributed by atoms with Gasteiger partial charge in [-0.2, -0.15) is 0 Å². The number of likely N-dealkylation sites (tertiary alicyclic amines) is 1. The van der Waals surface area contributed by atoms with Crippen molar-refractivity contribution in [3.63, 3.8) is 0 Å². The first-order chi connectivity index (χ1) is 15.4. The average Bonchev–Trinajstić information content (AvgIpc) is 3.20. The van der Waals surface area contributed by atoms with E-state index in [4.69, 9.17) is 11.6 Å². The van der Waals surface area contributed by atoms with Crippen molar-refractivity contribution in [1.29, 1.82) is 0 Å². The number of aliphatic hydroxyl groups excluding tert-OH is 1. The van der Waals surface area contributed by atoms with Crippen molar-refractivity contribution in [2.24, 2.45) is 0 Å². The van der Waals surface area contributed by atoms with E-state index >= 15 is 0 Å². The summed E-state index contributed by atoms with van der Waals surface area (Å²) >= 11 is 5.89. The molecule has 164 valence electrons. The summed E-state index contributed by atoms with van der Waals surface area (Å²) in [6, 6.07) is 20.2. The van der Waals surface area contributed by atoms with E-state index in [9.17, 15) is 19.8 Å². The van der Waals surface area contributed by atoms with Gasteiger partial charge in [-0.25, -0.2) is 0 Å². The fourth-order valence-corrected chi connectivity index (χ4v) is 4.01. The highest BCUT2D eigenvalue weighted by atomic mass is 35.5. The molecule has 7 heteroatoms. The standard InChI is InChI=1S/C25H23ClN2O4/c26-20-9-7-16(8-10-20)14-27-24(31)23-13-22(30)15-28(23)25(32)19-5-1-3-17(11-19)18-4-2-6-21(29)12-18/h1-12,22-23,29-30H,13-15H2,(H,27,31)/t22?,23-/m0/s1. The first kappa shape index (κ1) is 21.9. The zero-order valence-electron chi connectivity index (χ0n) is 17.2. The van der Waals surface area contributed by atoms with Crippen LogP contribution >= 0.6 is 11.6 Å². The van der Waals surface area contributed by atoms with Gasteiger partial charge in [0, 0.05) is 30.1 Å². The first-order valence-corrected chi connectivity index (χ1v) is 10.7. The van der Waals surface area contributed by atoms with Crippen LogP contribution in [0.3, 0.4) is 0 Å². The number of nitrogens with one attached hydrogen (secondary N) is 1. The number of hydrogen-bond acceptors (Lipinski definition) is 4. The van der Waals surface area contributed by atoms with Crippen molar-refractivity contribution in [3.05, 3.63) is 88.9 Å². The molecule has 3 N–H and O–H groups in total. The molecule has 0 spiro atoms. The molecule has 3 aromatic rings. The summed E-state index contributed by atoms with van der Waals surface area (Å²) in [5.74, 6) is -0.497. The van der Waals surface area contributed by atoms with Gasteiger partial charge in [0.15, 0.2) is 0 Å². The summed E-state index contributed by atoms with van der Waals surface area (Å²) in [4.78, 5) is 27.5. The second-order valence-corrected chi connectivity index (χ2v) is 8.27. The molecular formula is C25H23ClN2O4. The molecule has 3 aromatic carbocycles. The fourth-order valence-electron chi connectivity index (χ4n) is 3.88. The zero-order chi connectivity index (χ0) is 22.7. The van der Waals surface area contributed by atoms with Crippen molar-refractivity contribution in [2.75, 3.05) is 6.54 Å². The molecule has 0 saturated carbocycles. The molecule has 1 fully saturated rings. The summed E-state index contributed by atoms with van der Waals surface area (Å²) in [7, 11) is 0. The number of phenols is 1. The maximum Gasteiger partial charge on any atom is 0.254 e. The molecule has 1 saturated heterocycles. The van der Waals surface area contributed by atoms with Crippen LogP contribution in [0, 0.1) is 0 Å². The van der Waals surface area contributed by atoms with Crippen LogP contribution in [-0.2, 0) is 11.3 Å². The Kier molecular flexibility index (Phi) is 6.44. The molecular weight excluding hydrogens is 428 g/mol. The third-order valence-corrected chi connectivity index (χ3v) is 5.76. The molecule has 32 heavy (non-hydrogen) atoms. The van der Waals surface area contributed by atoms with Crippen LogP contribution in [0.1, 0.15) is 22.3 Å². The van der Waals surface area contributed by atoms with E-state index in [0.29, 0.717) is 17.1 Å². The van der Waals surface area contributed by atoms with Crippen molar-refractivity contribution >= 4 is 23.4 Å². The lowest BCUT2D eigenvalue weighted by atomic mass is 10.0. The van der Waals surface area contributed by atoms with E-state index in [1.165, 1.54) is 4.90 Å². The Balaban J connectivity index is 1.50. The lowest BCUT2D eigenvalue weighted by Crippen LogP contribution is -2.45. The molecule has 4 rings (SSSR count). The lowest BCUT2D eigenvalue weighted by Gasteiger charge is -2.24. The molecule has 2 atom stereocenters. The number of aromatic hydroxyl groups is 1. The molecule has 6 nitrogen and oxygen atoms in total. The number of phenolic OH excluding ortho intramolecular Hbond substituents is 1. The smallest absolute Gasteiger partial charge is 0.254 e. The Morgan fingerprint density at radius 3 is 2.41 bits per heavy atom. The number of carbonyl (C=O) groups excluding carboxylic acids is 2. The number of amides is 2. The van der Waals surface area contributed by atoms with Gasteiger partial charge in [-0.15, -0.1) is 0 Å². The molecule has 1 heterocycles. The number of aliphatic hydroxyl groups is 1. The minimum atomic E-state index is -0.764. The number of benzene rings is 3. The number of nitrogens with zero attached hydrogens (tertiary/aromatic N) is 1. The van der Waals surface area contributed by atoms with Gasteiger partial charge in [0.2, 0.25) is 5.91 Å². The Morgan fingerprint density at radius 2 is 1.69 bits per heavy atom. The lowest BCUT2D eigenvalue weighted by molar-refractivity contribution is -0.125. The van der Waals surface area contributed by atoms with Crippen LogP contribution in [0.15, 0.2) is 72.8 Å². The van der Waals surface area contributed by atoms with Gasteiger partial charge in [0.05, 0.1) is 6.10 Å². The maximum atomic E-state index is 13.2. The van der Waals surface area contributed by atoms with Crippen molar-refractivity contribution in [1.82, 2.24) is 10.2 Å². The average molecular weight is 451 g/mol. The monoisotopic (exact) mass is 450 g/mol. The molecule has 0 aromatic heterocycles. The van der Waals surface area contributed by atoms with E-state index in [2.05, 4.69) is 5.32 Å². The third-order valence-electron chi connectivity index (χ3n) is 5.51. The van der Waals surface area contributed by atoms with E-state index < -0.39 is 12.1 Å². The fraction of sp³-hybridized carbons (Fsp3) is 0.200. The quantitative estimate of drug-likeness (QED) is 0.554. The Morgan fingerprint density at radius 1 is 1.00 bits per heavy atom. The van der Waals surface area contributed by atoms with Crippen LogP contribution in [0.5, 0.6) is 5.75 Å². The van der Waals surface area contributed by atoms with Gasteiger partial charge in [0.1, 0.15) is 11.8 Å².